The molecule has 1 rings (SSSR count). The summed E-state index contributed by atoms with van der Waals surface area (Å²) in [6, 6.07) is 3.47. The molecule has 104 valence electrons. The largest absolute Gasteiger partial charge is 0.507 e. The van der Waals surface area contributed by atoms with Crippen LogP contribution in [0, 0.1) is 0 Å². The molecule has 2 unspecified atom stereocenters. The third-order valence-corrected chi connectivity index (χ3v) is 2.52. The number of hydrogen-bond acceptors (Lipinski definition) is 5. The zero-order valence-electron chi connectivity index (χ0n) is 10.2. The molecule has 0 fully saturated rings. The Kier molecular flexibility index (Phi) is 4.85. The molecule has 0 spiro atoms. The van der Waals surface area contributed by atoms with Gasteiger partial charge in [-0.25, -0.2) is 4.79 Å². The lowest BCUT2D eigenvalue weighted by Crippen LogP contribution is -2.34. The van der Waals surface area contributed by atoms with Crippen LogP contribution < -0.4 is 5.32 Å². The van der Waals surface area contributed by atoms with E-state index in [9.17, 15) is 24.9 Å². The van der Waals surface area contributed by atoms with Crippen molar-refractivity contribution in [3.63, 3.8) is 0 Å². The predicted octanol–water partition coefficient (Wildman–Crippen LogP) is -0.379. The summed E-state index contributed by atoms with van der Waals surface area (Å²) >= 11 is 0. The van der Waals surface area contributed by atoms with Crippen LogP contribution in [0.15, 0.2) is 18.2 Å². The van der Waals surface area contributed by atoms with Crippen LogP contribution in [-0.2, 0) is 4.79 Å². The first-order chi connectivity index (χ1) is 8.82. The Labute approximate surface area is 109 Å². The van der Waals surface area contributed by atoms with Gasteiger partial charge in [-0.2, -0.15) is 0 Å². The second kappa shape index (κ2) is 6.17. The van der Waals surface area contributed by atoms with Crippen LogP contribution in [-0.4, -0.2) is 45.0 Å². The number of aromatic carboxylic acids is 1. The van der Waals surface area contributed by atoms with Crippen molar-refractivity contribution in [2.45, 2.75) is 19.1 Å². The molecule has 0 saturated heterocycles. The smallest absolute Gasteiger partial charge is 0.339 e. The van der Waals surface area contributed by atoms with Crippen molar-refractivity contribution >= 4 is 11.9 Å². The Morgan fingerprint density at radius 2 is 1.95 bits per heavy atom. The van der Waals surface area contributed by atoms with Crippen LogP contribution >= 0.6 is 0 Å². The van der Waals surface area contributed by atoms with E-state index in [-0.39, 0.29) is 23.6 Å². The van der Waals surface area contributed by atoms with Gasteiger partial charge in [-0.3, -0.25) is 4.79 Å². The van der Waals surface area contributed by atoms with Crippen molar-refractivity contribution in [1.82, 2.24) is 5.32 Å². The average molecular weight is 269 g/mol. The van der Waals surface area contributed by atoms with Crippen molar-refractivity contribution in [3.8, 4) is 5.75 Å². The van der Waals surface area contributed by atoms with Gasteiger partial charge in [0.05, 0.1) is 0 Å². The molecule has 19 heavy (non-hydrogen) atoms. The maximum atomic E-state index is 10.7. The molecule has 1 aromatic rings. The van der Waals surface area contributed by atoms with E-state index < -0.39 is 23.9 Å². The maximum absolute atomic E-state index is 10.7. The number of aliphatic hydroxyl groups is 2. The molecular weight excluding hydrogens is 254 g/mol. The number of carbonyl (C=O) groups is 2. The highest BCUT2D eigenvalue weighted by atomic mass is 16.4. The van der Waals surface area contributed by atoms with Crippen LogP contribution in [0.5, 0.6) is 5.75 Å². The van der Waals surface area contributed by atoms with E-state index >= 15 is 0 Å². The van der Waals surface area contributed by atoms with E-state index in [2.05, 4.69) is 5.32 Å². The summed E-state index contributed by atoms with van der Waals surface area (Å²) in [5, 5.41) is 40.0. The molecule has 0 aliphatic heterocycles. The highest BCUT2D eigenvalue weighted by molar-refractivity contribution is 5.90. The molecule has 1 amide bonds. The van der Waals surface area contributed by atoms with Crippen LogP contribution in [0.2, 0.25) is 0 Å². The fraction of sp³-hybridized carbons (Fsp3) is 0.333. The monoisotopic (exact) mass is 269 g/mol. The molecule has 0 heterocycles. The molecule has 1 aromatic carbocycles. The summed E-state index contributed by atoms with van der Waals surface area (Å²) in [7, 11) is 0. The second-order valence-corrected chi connectivity index (χ2v) is 4.03. The van der Waals surface area contributed by atoms with E-state index in [0.29, 0.717) is 0 Å². The Hall–Kier alpha value is -2.12. The number of aromatic hydroxyl groups is 1. The number of benzene rings is 1. The molecule has 2 atom stereocenters. The third-order valence-electron chi connectivity index (χ3n) is 2.52. The lowest BCUT2D eigenvalue weighted by molar-refractivity contribution is -0.119. The number of aliphatic hydroxyl groups excluding tert-OH is 2. The van der Waals surface area contributed by atoms with Gasteiger partial charge in [0.25, 0.3) is 0 Å². The minimum atomic E-state index is -1.35. The van der Waals surface area contributed by atoms with Gasteiger partial charge in [-0.05, 0) is 17.7 Å². The van der Waals surface area contributed by atoms with Gasteiger partial charge in [0.15, 0.2) is 0 Å². The molecule has 0 radical (unpaired) electrons. The lowest BCUT2D eigenvalue weighted by atomic mass is 10.0. The first kappa shape index (κ1) is 14.9. The third kappa shape index (κ3) is 3.94. The first-order valence-electron chi connectivity index (χ1n) is 5.49. The zero-order valence-corrected chi connectivity index (χ0v) is 10.2. The number of amides is 1. The highest BCUT2D eigenvalue weighted by Gasteiger charge is 2.20. The summed E-state index contributed by atoms with van der Waals surface area (Å²) in [5.74, 6) is -2.15. The van der Waals surface area contributed by atoms with Crippen molar-refractivity contribution in [1.29, 1.82) is 0 Å². The summed E-state index contributed by atoms with van der Waals surface area (Å²) in [6.45, 7) is 1.12. The maximum Gasteiger partial charge on any atom is 0.339 e. The summed E-state index contributed by atoms with van der Waals surface area (Å²) in [5.41, 5.74) is -0.146. The van der Waals surface area contributed by atoms with Crippen molar-refractivity contribution in [2.24, 2.45) is 0 Å². The van der Waals surface area contributed by atoms with E-state index in [1.165, 1.54) is 13.0 Å². The normalized spacial score (nSPS) is 13.6. The van der Waals surface area contributed by atoms with E-state index in [0.717, 1.165) is 12.1 Å². The number of nitrogens with one attached hydrogen (secondary N) is 1. The number of rotatable bonds is 5. The fourth-order valence-corrected chi connectivity index (χ4v) is 1.50. The van der Waals surface area contributed by atoms with Crippen molar-refractivity contribution < 1.29 is 30.0 Å². The van der Waals surface area contributed by atoms with Gasteiger partial charge in [-0.15, -0.1) is 0 Å². The van der Waals surface area contributed by atoms with Crippen LogP contribution in [0.3, 0.4) is 0 Å². The van der Waals surface area contributed by atoms with Gasteiger partial charge in [0.1, 0.15) is 23.5 Å². The van der Waals surface area contributed by atoms with Crippen LogP contribution in [0.4, 0.5) is 0 Å². The SMILES string of the molecule is CC(=O)NCC(O)C(O)c1ccc(C(=O)O)c(O)c1. The number of carboxylic acids is 1. The van der Waals surface area contributed by atoms with E-state index in [4.69, 9.17) is 5.11 Å². The predicted molar refractivity (Wildman–Crippen MR) is 64.7 cm³/mol. The van der Waals surface area contributed by atoms with Crippen LogP contribution in [0.1, 0.15) is 28.9 Å². The van der Waals surface area contributed by atoms with Gasteiger partial charge >= 0.3 is 5.97 Å². The molecule has 0 aliphatic carbocycles. The molecule has 0 aliphatic rings. The van der Waals surface area contributed by atoms with Gasteiger partial charge in [0.2, 0.25) is 5.91 Å². The Balaban J connectivity index is 2.82. The molecule has 5 N–H and O–H groups in total. The molecule has 7 heteroatoms. The van der Waals surface area contributed by atoms with Crippen LogP contribution in [0.25, 0.3) is 0 Å². The highest BCUT2D eigenvalue weighted by Crippen LogP contribution is 2.24. The number of phenols is 1. The Morgan fingerprint density at radius 1 is 1.32 bits per heavy atom. The Bertz CT molecular complexity index is 487. The standard InChI is InChI=1S/C12H15NO6/c1-6(14)13-5-10(16)11(17)7-2-3-8(12(18)19)9(15)4-7/h2-4,10-11,15-17H,5H2,1H3,(H,13,14)(H,18,19). The fourth-order valence-electron chi connectivity index (χ4n) is 1.50. The number of carbonyl (C=O) groups excluding carboxylic acids is 1. The van der Waals surface area contributed by atoms with E-state index in [1.54, 1.807) is 0 Å². The minimum absolute atomic E-state index is 0.153. The first-order valence-corrected chi connectivity index (χ1v) is 5.49. The zero-order chi connectivity index (χ0) is 14.6. The molecule has 0 bridgehead atoms. The van der Waals surface area contributed by atoms with Gasteiger partial charge < -0.3 is 25.7 Å². The van der Waals surface area contributed by atoms with Crippen molar-refractivity contribution in [2.75, 3.05) is 6.54 Å². The summed E-state index contributed by atoms with van der Waals surface area (Å²) in [6.07, 6.45) is -2.61. The summed E-state index contributed by atoms with van der Waals surface area (Å²) < 4.78 is 0. The molecule has 0 aromatic heterocycles. The lowest BCUT2D eigenvalue weighted by Gasteiger charge is -2.18. The minimum Gasteiger partial charge on any atom is -0.507 e. The van der Waals surface area contributed by atoms with E-state index in [1.807, 2.05) is 0 Å². The molecular formula is C12H15NO6. The van der Waals surface area contributed by atoms with Gasteiger partial charge in [0, 0.05) is 13.5 Å². The molecule has 0 saturated carbocycles. The number of hydrogen-bond donors (Lipinski definition) is 5. The average Bonchev–Trinajstić information content (AvgIpc) is 2.34. The molecule has 7 nitrogen and oxygen atoms in total. The van der Waals surface area contributed by atoms with Gasteiger partial charge in [-0.1, -0.05) is 6.07 Å². The summed E-state index contributed by atoms with van der Waals surface area (Å²) in [4.78, 5) is 21.4. The topological polar surface area (TPSA) is 127 Å². The quantitative estimate of drug-likeness (QED) is 0.496. The second-order valence-electron chi connectivity index (χ2n) is 4.03. The van der Waals surface area contributed by atoms with Crippen molar-refractivity contribution in [3.05, 3.63) is 29.3 Å². The Morgan fingerprint density at radius 3 is 2.42 bits per heavy atom. The number of carboxylic acid groups (broad SMARTS) is 1.